The third kappa shape index (κ3) is 7.91. The molecule has 0 radical (unpaired) electrons. The van der Waals surface area contributed by atoms with Crippen LogP contribution in [0.1, 0.15) is 77.6 Å². The Kier molecular flexibility index (Phi) is 9.71. The second-order valence-corrected chi connectivity index (χ2v) is 16.2. The van der Waals surface area contributed by atoms with Crippen molar-refractivity contribution in [1.29, 1.82) is 0 Å². The van der Waals surface area contributed by atoms with Gasteiger partial charge in [-0.25, -0.2) is 0 Å². The van der Waals surface area contributed by atoms with Crippen LogP contribution in [0.5, 0.6) is 0 Å². The van der Waals surface area contributed by atoms with Gasteiger partial charge in [-0.15, -0.1) is 0 Å². The summed E-state index contributed by atoms with van der Waals surface area (Å²) in [6, 6.07) is 16.6. The maximum Gasteiger partial charge on any atom is 0.190 e. The van der Waals surface area contributed by atoms with E-state index in [-0.39, 0.29) is 48.8 Å². The van der Waals surface area contributed by atoms with E-state index in [0.29, 0.717) is 26.4 Å². The summed E-state index contributed by atoms with van der Waals surface area (Å²) in [5.41, 5.74) is 4.16. The molecule has 12 heteroatoms. The summed E-state index contributed by atoms with van der Waals surface area (Å²) in [4.78, 5) is 0. The highest BCUT2D eigenvalue weighted by Gasteiger charge is 2.60. The summed E-state index contributed by atoms with van der Waals surface area (Å²) in [6.45, 7) is 16.7. The smallest absolute Gasteiger partial charge is 0.190 e. The highest BCUT2D eigenvalue weighted by molar-refractivity contribution is 5.70. The van der Waals surface area contributed by atoms with Crippen LogP contribution in [0.25, 0.3) is 12.2 Å². The average Bonchev–Trinajstić information content (AvgIpc) is 3.89. The fourth-order valence-electron chi connectivity index (χ4n) is 7.89. The summed E-state index contributed by atoms with van der Waals surface area (Å²) in [6.07, 6.45) is 0.263. The molecule has 52 heavy (non-hydrogen) atoms. The van der Waals surface area contributed by atoms with Gasteiger partial charge in [-0.05, 0) is 89.8 Å². The lowest BCUT2D eigenvalue weighted by Crippen LogP contribution is -2.44. The van der Waals surface area contributed by atoms with E-state index in [1.807, 2.05) is 67.5 Å². The molecule has 0 saturated carbocycles. The van der Waals surface area contributed by atoms with Crippen molar-refractivity contribution in [3.05, 3.63) is 70.8 Å². The third-order valence-corrected chi connectivity index (χ3v) is 10.1. The summed E-state index contributed by atoms with van der Waals surface area (Å²) in [5.74, 6) is -2.88. The fraction of sp³-hybridized carbons (Fsp3) is 0.650. The van der Waals surface area contributed by atoms with Gasteiger partial charge in [0, 0.05) is 0 Å². The summed E-state index contributed by atoms with van der Waals surface area (Å²) >= 11 is 0. The van der Waals surface area contributed by atoms with Gasteiger partial charge in [-0.2, -0.15) is 0 Å². The molecule has 6 saturated heterocycles. The molecule has 0 N–H and O–H groups in total. The first-order valence-corrected chi connectivity index (χ1v) is 18.4. The quantitative estimate of drug-likeness (QED) is 0.281. The van der Waals surface area contributed by atoms with Gasteiger partial charge in [0.05, 0.1) is 26.4 Å². The van der Waals surface area contributed by atoms with Crippen LogP contribution in [0, 0.1) is 0 Å². The molecule has 0 aliphatic carbocycles. The Bertz CT molecular complexity index is 1500. The molecule has 0 spiro atoms. The fourth-order valence-corrected chi connectivity index (χ4v) is 7.89. The van der Waals surface area contributed by atoms with Crippen molar-refractivity contribution >= 4 is 12.2 Å². The van der Waals surface area contributed by atoms with E-state index in [9.17, 15) is 0 Å². The van der Waals surface area contributed by atoms with Crippen LogP contribution < -0.4 is 0 Å². The number of ether oxygens (including phenoxy) is 12. The zero-order valence-electron chi connectivity index (χ0n) is 31.3. The molecule has 0 amide bonds. The Morgan fingerprint density at radius 3 is 1.35 bits per heavy atom. The van der Waals surface area contributed by atoms with E-state index in [0.717, 1.165) is 22.3 Å². The first-order chi connectivity index (χ1) is 24.6. The molecule has 6 heterocycles. The minimum absolute atomic E-state index is 0.290. The molecular formula is C40H52O12. The van der Waals surface area contributed by atoms with E-state index in [1.54, 1.807) is 0 Å². The molecule has 6 aliphatic rings. The van der Waals surface area contributed by atoms with Crippen LogP contribution in [0.4, 0.5) is 0 Å². The Hall–Kier alpha value is -2.30. The highest BCUT2D eigenvalue weighted by Crippen LogP contribution is 2.44. The Labute approximate surface area is 305 Å². The number of benzene rings is 2. The number of fused-ring (bicyclic) bond motifs is 2. The molecular weight excluding hydrogens is 672 g/mol. The standard InChI is InChI=1S/C40H52O12/c1-37(2)43-21-27(47-37)29-31(33-35(45-29)51-39(5,6)49-33)41-19-25-13-9-11-23(17-25)15-16-24-12-10-14-26(18-24)20-42-32-30(28-22-44-38(3,4)48-28)46-36-34(32)50-40(7,8)52-36/h9-18,27-36H,19-22H2,1-8H3/b16-15+/t27-,28-,29+,30+,31+,32+,33-,34-,35-,36-/m1/s1. The molecule has 284 valence electrons. The first kappa shape index (κ1) is 36.7. The van der Waals surface area contributed by atoms with Gasteiger partial charge >= 0.3 is 0 Å². The lowest BCUT2D eigenvalue weighted by Gasteiger charge is -2.29. The van der Waals surface area contributed by atoms with Crippen molar-refractivity contribution < 1.29 is 56.8 Å². The monoisotopic (exact) mass is 724 g/mol. The molecule has 6 fully saturated rings. The molecule has 0 aromatic heterocycles. The maximum absolute atomic E-state index is 6.54. The van der Waals surface area contributed by atoms with Gasteiger partial charge in [0.15, 0.2) is 35.7 Å². The van der Waals surface area contributed by atoms with Gasteiger partial charge in [0.1, 0.15) is 48.8 Å². The second-order valence-electron chi connectivity index (χ2n) is 16.2. The Morgan fingerprint density at radius 1 is 0.538 bits per heavy atom. The highest BCUT2D eigenvalue weighted by atomic mass is 16.9. The SMILES string of the molecule is CC1(C)O[C@H]2O[C@@H]([C@H]3COC(C)(C)O3)[C@H](OCc3cccc(/C=C/c4cccc(CO[C@H]5[C@H]([C@H]6COC(C)(C)O6)O[C@@H]6OC(C)(C)O[C@@H]65)c4)c3)[C@H]2O1. The minimum atomic E-state index is -0.757. The normalized spacial score (nSPS) is 38.3. The van der Waals surface area contributed by atoms with Crippen LogP contribution in [-0.4, -0.2) is 97.8 Å². The molecule has 6 aliphatic heterocycles. The minimum Gasteiger partial charge on any atom is -0.368 e. The van der Waals surface area contributed by atoms with Crippen molar-refractivity contribution in [2.75, 3.05) is 13.2 Å². The molecule has 10 atom stereocenters. The number of rotatable bonds is 10. The molecule has 12 nitrogen and oxygen atoms in total. The average molecular weight is 725 g/mol. The van der Waals surface area contributed by atoms with Crippen molar-refractivity contribution in [3.63, 3.8) is 0 Å². The maximum atomic E-state index is 6.54. The van der Waals surface area contributed by atoms with Crippen molar-refractivity contribution in [3.8, 4) is 0 Å². The predicted octanol–water partition coefficient (Wildman–Crippen LogP) is 5.68. The van der Waals surface area contributed by atoms with E-state index < -0.39 is 35.7 Å². The number of hydrogen-bond donors (Lipinski definition) is 0. The molecule has 8 rings (SSSR count). The zero-order chi connectivity index (χ0) is 36.5. The van der Waals surface area contributed by atoms with E-state index in [4.69, 9.17) is 56.8 Å². The van der Waals surface area contributed by atoms with Gasteiger partial charge in [-0.1, -0.05) is 48.6 Å². The third-order valence-electron chi connectivity index (χ3n) is 10.1. The first-order valence-electron chi connectivity index (χ1n) is 18.4. The predicted molar refractivity (Wildman–Crippen MR) is 186 cm³/mol. The van der Waals surface area contributed by atoms with Crippen molar-refractivity contribution in [2.24, 2.45) is 0 Å². The van der Waals surface area contributed by atoms with Gasteiger partial charge in [0.25, 0.3) is 0 Å². The lowest BCUT2D eigenvalue weighted by atomic mass is 10.0. The topological polar surface area (TPSA) is 111 Å². The largest absolute Gasteiger partial charge is 0.368 e. The number of hydrogen-bond acceptors (Lipinski definition) is 12. The van der Waals surface area contributed by atoms with Crippen LogP contribution in [0.3, 0.4) is 0 Å². The van der Waals surface area contributed by atoms with Gasteiger partial charge < -0.3 is 56.8 Å². The van der Waals surface area contributed by atoms with Gasteiger partial charge in [-0.3, -0.25) is 0 Å². The Morgan fingerprint density at radius 2 is 0.962 bits per heavy atom. The molecule has 2 aromatic rings. The Balaban J connectivity index is 0.905. The second kappa shape index (κ2) is 13.8. The zero-order valence-corrected chi connectivity index (χ0v) is 31.3. The van der Waals surface area contributed by atoms with Crippen LogP contribution in [0.15, 0.2) is 48.5 Å². The van der Waals surface area contributed by atoms with Crippen molar-refractivity contribution in [2.45, 2.75) is 153 Å². The summed E-state index contributed by atoms with van der Waals surface area (Å²) in [7, 11) is 0. The van der Waals surface area contributed by atoms with E-state index in [2.05, 4.69) is 48.6 Å². The molecule has 0 unspecified atom stereocenters. The lowest BCUT2D eigenvalue weighted by molar-refractivity contribution is -0.236. The van der Waals surface area contributed by atoms with E-state index in [1.165, 1.54) is 0 Å². The van der Waals surface area contributed by atoms with Crippen LogP contribution in [0.2, 0.25) is 0 Å². The summed E-state index contributed by atoms with van der Waals surface area (Å²) < 4.78 is 74.2. The van der Waals surface area contributed by atoms with Gasteiger partial charge in [0.2, 0.25) is 0 Å². The van der Waals surface area contributed by atoms with Crippen LogP contribution in [-0.2, 0) is 70.1 Å². The van der Waals surface area contributed by atoms with Crippen molar-refractivity contribution in [1.82, 2.24) is 0 Å². The molecule has 0 bridgehead atoms. The van der Waals surface area contributed by atoms with E-state index >= 15 is 0 Å². The molecule has 2 aromatic carbocycles. The van der Waals surface area contributed by atoms with Crippen LogP contribution >= 0.6 is 0 Å². The summed E-state index contributed by atoms with van der Waals surface area (Å²) in [5, 5.41) is 0.